The Kier molecular flexibility index (Phi) is 3.50. The highest BCUT2D eigenvalue weighted by atomic mass is 15.1. The van der Waals surface area contributed by atoms with Crippen LogP contribution < -0.4 is 0 Å². The van der Waals surface area contributed by atoms with E-state index >= 15 is 0 Å². The van der Waals surface area contributed by atoms with Gasteiger partial charge in [-0.25, -0.2) is 0 Å². The van der Waals surface area contributed by atoms with Crippen molar-refractivity contribution in [1.29, 1.82) is 5.26 Å². The van der Waals surface area contributed by atoms with Crippen LogP contribution in [-0.4, -0.2) is 30.5 Å². The lowest BCUT2D eigenvalue weighted by molar-refractivity contribution is 0.310. The molecule has 2 aromatic rings. The van der Waals surface area contributed by atoms with E-state index in [4.69, 9.17) is 5.26 Å². The number of hydrogen-bond acceptors (Lipinski definition) is 2. The molecule has 1 fully saturated rings. The third-order valence-corrected chi connectivity index (χ3v) is 4.50. The van der Waals surface area contributed by atoms with Gasteiger partial charge in [0.2, 0.25) is 0 Å². The summed E-state index contributed by atoms with van der Waals surface area (Å²) in [7, 11) is 4.30. The lowest BCUT2D eigenvalue weighted by Crippen LogP contribution is -2.23. The van der Waals surface area contributed by atoms with Crippen molar-refractivity contribution in [3.05, 3.63) is 35.5 Å². The molecule has 0 saturated heterocycles. The zero-order valence-corrected chi connectivity index (χ0v) is 12.2. The molecule has 0 spiro atoms. The average molecular weight is 267 g/mol. The van der Waals surface area contributed by atoms with E-state index in [1.54, 1.807) is 0 Å². The van der Waals surface area contributed by atoms with Crippen LogP contribution in [0.1, 0.15) is 36.3 Å². The molecule has 0 radical (unpaired) electrons. The lowest BCUT2D eigenvalue weighted by Gasteiger charge is -2.23. The molecule has 3 nitrogen and oxygen atoms in total. The van der Waals surface area contributed by atoms with Crippen LogP contribution in [0.15, 0.2) is 24.4 Å². The Bertz CT molecular complexity index is 648. The molecular weight excluding hydrogens is 246 g/mol. The molecule has 1 aromatic heterocycles. The van der Waals surface area contributed by atoms with Gasteiger partial charge in [-0.1, -0.05) is 6.42 Å². The van der Waals surface area contributed by atoms with E-state index < -0.39 is 0 Å². The molecule has 20 heavy (non-hydrogen) atoms. The maximum Gasteiger partial charge on any atom is 0.0991 e. The maximum absolute atomic E-state index is 9.09. The van der Waals surface area contributed by atoms with Crippen LogP contribution in [0.25, 0.3) is 10.9 Å². The Morgan fingerprint density at radius 2 is 2.20 bits per heavy atom. The number of aromatic nitrogens is 1. The highest BCUT2D eigenvalue weighted by Crippen LogP contribution is 2.42. The van der Waals surface area contributed by atoms with Crippen molar-refractivity contribution in [3.63, 3.8) is 0 Å². The summed E-state index contributed by atoms with van der Waals surface area (Å²) in [5.41, 5.74) is 3.30. The highest BCUT2D eigenvalue weighted by molar-refractivity contribution is 5.85. The van der Waals surface area contributed by atoms with Gasteiger partial charge in [0.1, 0.15) is 0 Å². The number of aromatic amines is 1. The number of rotatable bonds is 3. The van der Waals surface area contributed by atoms with E-state index in [0.717, 1.165) is 23.5 Å². The van der Waals surface area contributed by atoms with Crippen molar-refractivity contribution in [2.24, 2.45) is 5.92 Å². The average Bonchev–Trinajstić information content (AvgIpc) is 3.03. The van der Waals surface area contributed by atoms with Crippen molar-refractivity contribution in [3.8, 4) is 6.07 Å². The third kappa shape index (κ3) is 2.32. The van der Waals surface area contributed by atoms with E-state index in [1.807, 2.05) is 18.2 Å². The second-order valence-electron chi connectivity index (χ2n) is 6.18. The standard InChI is InChI=1S/C17H21N3/c1-20(2)11-13-4-3-5-14(13)16-10-19-17-7-6-12(9-18)8-15(16)17/h6-8,10,13-14,19H,3-5,11H2,1-2H3/t13-,14-/m0/s1. The maximum atomic E-state index is 9.09. The normalized spacial score (nSPS) is 22.5. The quantitative estimate of drug-likeness (QED) is 0.925. The molecule has 1 aromatic carbocycles. The Balaban J connectivity index is 1.99. The van der Waals surface area contributed by atoms with Gasteiger partial charge in [0.25, 0.3) is 0 Å². The van der Waals surface area contributed by atoms with Crippen LogP contribution in [0.3, 0.4) is 0 Å². The van der Waals surface area contributed by atoms with Gasteiger partial charge in [0.05, 0.1) is 11.6 Å². The number of H-pyrrole nitrogens is 1. The number of benzene rings is 1. The van der Waals surface area contributed by atoms with Crippen LogP contribution in [0.4, 0.5) is 0 Å². The predicted molar refractivity (Wildman–Crippen MR) is 81.6 cm³/mol. The zero-order valence-electron chi connectivity index (χ0n) is 12.2. The minimum Gasteiger partial charge on any atom is -0.361 e. The van der Waals surface area contributed by atoms with E-state index in [9.17, 15) is 0 Å². The van der Waals surface area contributed by atoms with Gasteiger partial charge in [0, 0.05) is 23.6 Å². The van der Waals surface area contributed by atoms with Crippen LogP contribution in [0, 0.1) is 17.2 Å². The Morgan fingerprint density at radius 1 is 1.35 bits per heavy atom. The molecule has 1 N–H and O–H groups in total. The Labute approximate surface area is 120 Å². The van der Waals surface area contributed by atoms with Crippen LogP contribution >= 0.6 is 0 Å². The number of nitrogens with one attached hydrogen (secondary N) is 1. The van der Waals surface area contributed by atoms with Gasteiger partial charge in [-0.15, -0.1) is 0 Å². The SMILES string of the molecule is CN(C)C[C@@H]1CCC[C@@H]1c1c[nH]c2ccc(C#N)cc12. The van der Waals surface area contributed by atoms with E-state index in [2.05, 4.69) is 36.2 Å². The van der Waals surface area contributed by atoms with Crippen LogP contribution in [-0.2, 0) is 0 Å². The number of nitrogens with zero attached hydrogens (tertiary/aromatic N) is 2. The van der Waals surface area contributed by atoms with Crippen LogP contribution in [0.5, 0.6) is 0 Å². The van der Waals surface area contributed by atoms with E-state index in [0.29, 0.717) is 5.92 Å². The molecule has 0 aliphatic heterocycles. The first-order valence-corrected chi connectivity index (χ1v) is 7.35. The van der Waals surface area contributed by atoms with Crippen LogP contribution in [0.2, 0.25) is 0 Å². The Morgan fingerprint density at radius 3 is 2.95 bits per heavy atom. The fourth-order valence-corrected chi connectivity index (χ4v) is 3.65. The number of hydrogen-bond donors (Lipinski definition) is 1. The van der Waals surface area contributed by atoms with Crippen molar-refractivity contribution < 1.29 is 0 Å². The van der Waals surface area contributed by atoms with Gasteiger partial charge >= 0.3 is 0 Å². The third-order valence-electron chi connectivity index (χ3n) is 4.50. The van der Waals surface area contributed by atoms with Gasteiger partial charge in [0.15, 0.2) is 0 Å². The summed E-state index contributed by atoms with van der Waals surface area (Å²) in [6.45, 7) is 1.15. The second-order valence-corrected chi connectivity index (χ2v) is 6.18. The van der Waals surface area contributed by atoms with E-state index in [-0.39, 0.29) is 0 Å². The van der Waals surface area contributed by atoms with Crippen molar-refractivity contribution in [2.45, 2.75) is 25.2 Å². The molecular formula is C17H21N3. The van der Waals surface area contributed by atoms with Gasteiger partial charge < -0.3 is 9.88 Å². The molecule has 104 valence electrons. The summed E-state index contributed by atoms with van der Waals surface area (Å²) in [5, 5.41) is 10.3. The zero-order chi connectivity index (χ0) is 14.1. The summed E-state index contributed by atoms with van der Waals surface area (Å²) < 4.78 is 0. The van der Waals surface area contributed by atoms with Gasteiger partial charge in [-0.05, 0) is 62.5 Å². The first-order chi connectivity index (χ1) is 9.69. The Hall–Kier alpha value is -1.79. The minimum absolute atomic E-state index is 0.625. The van der Waals surface area contributed by atoms with Crippen molar-refractivity contribution in [1.82, 2.24) is 9.88 Å². The molecule has 2 atom stereocenters. The summed E-state index contributed by atoms with van der Waals surface area (Å²) in [6, 6.07) is 8.19. The molecule has 1 heterocycles. The molecule has 3 rings (SSSR count). The molecule has 1 aliphatic rings. The van der Waals surface area contributed by atoms with E-state index in [1.165, 1.54) is 30.2 Å². The molecule has 3 heteroatoms. The smallest absolute Gasteiger partial charge is 0.0991 e. The predicted octanol–water partition coefficient (Wildman–Crippen LogP) is 3.48. The first kappa shape index (κ1) is 13.2. The number of nitriles is 1. The lowest BCUT2D eigenvalue weighted by atomic mass is 9.88. The van der Waals surface area contributed by atoms with Crippen molar-refractivity contribution >= 4 is 10.9 Å². The minimum atomic E-state index is 0.625. The number of fused-ring (bicyclic) bond motifs is 1. The fourth-order valence-electron chi connectivity index (χ4n) is 3.65. The highest BCUT2D eigenvalue weighted by Gasteiger charge is 2.30. The second kappa shape index (κ2) is 5.30. The summed E-state index contributed by atoms with van der Waals surface area (Å²) in [5.74, 6) is 1.36. The summed E-state index contributed by atoms with van der Waals surface area (Å²) in [4.78, 5) is 5.66. The summed E-state index contributed by atoms with van der Waals surface area (Å²) in [6.07, 6.45) is 6.05. The molecule has 0 amide bonds. The fraction of sp³-hybridized carbons (Fsp3) is 0.471. The topological polar surface area (TPSA) is 42.8 Å². The first-order valence-electron chi connectivity index (χ1n) is 7.35. The largest absolute Gasteiger partial charge is 0.361 e. The molecule has 1 aliphatic carbocycles. The molecule has 0 bridgehead atoms. The van der Waals surface area contributed by atoms with Gasteiger partial charge in [-0.2, -0.15) is 5.26 Å². The molecule has 0 unspecified atom stereocenters. The van der Waals surface area contributed by atoms with Crippen molar-refractivity contribution in [2.75, 3.05) is 20.6 Å². The summed E-state index contributed by atoms with van der Waals surface area (Å²) >= 11 is 0. The molecule has 1 saturated carbocycles. The van der Waals surface area contributed by atoms with Gasteiger partial charge in [-0.3, -0.25) is 0 Å². The monoisotopic (exact) mass is 267 g/mol.